The number of methoxy groups -OCH3 is 2. The van der Waals surface area contributed by atoms with Gasteiger partial charge in [-0.15, -0.1) is 0 Å². The molecule has 0 unspecified atom stereocenters. The number of ether oxygens (including phenoxy) is 3. The van der Waals surface area contributed by atoms with E-state index in [0.717, 1.165) is 47.9 Å². The molecular formula is C48H55N5O10S2. The van der Waals surface area contributed by atoms with Gasteiger partial charge < -0.3 is 19.1 Å². The highest BCUT2D eigenvalue weighted by Crippen LogP contribution is 2.39. The number of rotatable bonds is 8. The zero-order chi connectivity index (χ0) is 46.8. The fraction of sp³-hybridized carbons (Fsp3) is 0.396. The van der Waals surface area contributed by atoms with Gasteiger partial charge in [0.2, 0.25) is 0 Å². The number of aromatic nitrogens is 4. The Hall–Kier alpha value is -6.07. The van der Waals surface area contributed by atoms with Crippen LogP contribution in [0.4, 0.5) is 4.79 Å². The molecule has 0 spiro atoms. The quantitative estimate of drug-likeness (QED) is 0.104. The summed E-state index contributed by atoms with van der Waals surface area (Å²) < 4.78 is 71.5. The predicted octanol–water partition coefficient (Wildman–Crippen LogP) is 8.90. The van der Waals surface area contributed by atoms with E-state index >= 15 is 0 Å². The third kappa shape index (κ3) is 9.95. The third-order valence-electron chi connectivity index (χ3n) is 11.9. The van der Waals surface area contributed by atoms with Crippen molar-refractivity contribution < 1.29 is 45.4 Å². The van der Waals surface area contributed by atoms with Crippen LogP contribution in [0.1, 0.15) is 121 Å². The van der Waals surface area contributed by atoms with Crippen molar-refractivity contribution in [2.75, 3.05) is 27.3 Å². The van der Waals surface area contributed by atoms with Crippen molar-refractivity contribution in [1.82, 2.24) is 22.8 Å². The van der Waals surface area contributed by atoms with Crippen LogP contribution in [0.15, 0.2) is 95.2 Å². The highest BCUT2D eigenvalue weighted by atomic mass is 32.2. The van der Waals surface area contributed by atoms with E-state index in [1.54, 1.807) is 78.0 Å². The maximum absolute atomic E-state index is 13.6. The van der Waals surface area contributed by atoms with Crippen LogP contribution in [0.3, 0.4) is 0 Å². The molecule has 1 saturated heterocycles. The van der Waals surface area contributed by atoms with Gasteiger partial charge in [0.05, 0.1) is 35.1 Å². The van der Waals surface area contributed by atoms with E-state index in [-0.39, 0.29) is 38.9 Å². The minimum atomic E-state index is -3.93. The van der Waals surface area contributed by atoms with Gasteiger partial charge in [0, 0.05) is 48.6 Å². The van der Waals surface area contributed by atoms with Gasteiger partial charge >= 0.3 is 18.0 Å². The number of hydrogen-bond donors (Lipinski definition) is 0. The Bertz CT molecular complexity index is 2960. The van der Waals surface area contributed by atoms with Gasteiger partial charge in [-0.3, -0.25) is 0 Å². The van der Waals surface area contributed by atoms with Crippen molar-refractivity contribution >= 4 is 60.1 Å². The Morgan fingerprint density at radius 1 is 0.615 bits per heavy atom. The fourth-order valence-corrected chi connectivity index (χ4v) is 11.1. The second kappa shape index (κ2) is 18.8. The predicted molar refractivity (Wildman–Crippen MR) is 245 cm³/mol. The zero-order valence-corrected chi connectivity index (χ0v) is 39.4. The molecule has 0 N–H and O–H groups in total. The smallest absolute Gasteiger partial charge is 0.410 e. The van der Waals surface area contributed by atoms with E-state index in [1.165, 1.54) is 41.0 Å². The number of carbonyl (C=O) groups excluding carboxylic acids is 3. The van der Waals surface area contributed by atoms with E-state index in [9.17, 15) is 31.2 Å². The van der Waals surface area contributed by atoms with Gasteiger partial charge in [-0.25, -0.2) is 49.1 Å². The minimum absolute atomic E-state index is 0.0321. The standard InChI is InChI=1S/C26H31N3O6S.C22H24N2O4S/c1-17-6-8-20(9-7-17)36(32,33)29-16-22(21-14-19(24(30)34-5)15-27-23(21)29)18-10-12-28(13-11-18)25(31)35-26(2,3)4;1-15-8-10-18(11-9-15)29(26,27)24-14-20(16-6-4-3-5-7-16)19-12-17(22(25)28-2)13-23-21(19)24/h6-9,14-16,18H,10-13H2,1-5H3;8-14,16H,3-7H2,1-2H3. The zero-order valence-electron chi connectivity index (χ0n) is 37.7. The molecule has 2 fully saturated rings. The molecule has 1 amide bonds. The van der Waals surface area contributed by atoms with E-state index in [1.807, 2.05) is 34.6 Å². The molecule has 8 rings (SSSR count). The van der Waals surface area contributed by atoms with Crippen molar-refractivity contribution in [3.63, 3.8) is 0 Å². The summed E-state index contributed by atoms with van der Waals surface area (Å²) in [7, 11) is -5.13. The molecule has 2 aromatic carbocycles. The number of fused-ring (bicyclic) bond motifs is 2. The average molecular weight is 926 g/mol. The van der Waals surface area contributed by atoms with Gasteiger partial charge in [-0.05, 0) is 120 Å². The molecule has 6 aromatic rings. The number of nitrogens with zero attached hydrogens (tertiary/aromatic N) is 5. The van der Waals surface area contributed by atoms with E-state index < -0.39 is 37.6 Å². The molecule has 2 aliphatic rings. The molecular weight excluding hydrogens is 871 g/mol. The molecule has 0 radical (unpaired) electrons. The first-order chi connectivity index (χ1) is 30.8. The highest BCUT2D eigenvalue weighted by Gasteiger charge is 2.32. The molecule has 1 aliphatic heterocycles. The van der Waals surface area contributed by atoms with Crippen LogP contribution in [-0.2, 0) is 34.3 Å². The topological polar surface area (TPSA) is 186 Å². The number of esters is 2. The maximum atomic E-state index is 13.6. The normalized spacial score (nSPS) is 15.3. The SMILES string of the molecule is COC(=O)c1cnc2c(c1)c(C1CCCCC1)cn2S(=O)(=O)c1ccc(C)cc1.COC(=O)c1cnc2c(c1)c(C1CCN(C(=O)OC(C)(C)C)CC1)cn2S(=O)(=O)c1ccc(C)cc1. The largest absolute Gasteiger partial charge is 0.465 e. The second-order valence-corrected chi connectivity index (χ2v) is 21.3. The first-order valence-corrected chi connectivity index (χ1v) is 24.5. The maximum Gasteiger partial charge on any atom is 0.410 e. The van der Waals surface area contributed by atoms with E-state index in [4.69, 9.17) is 14.2 Å². The van der Waals surface area contributed by atoms with Gasteiger partial charge in [0.15, 0.2) is 11.3 Å². The van der Waals surface area contributed by atoms with Crippen LogP contribution in [0.2, 0.25) is 0 Å². The molecule has 5 heterocycles. The molecule has 17 heteroatoms. The molecule has 1 saturated carbocycles. The monoisotopic (exact) mass is 925 g/mol. The van der Waals surface area contributed by atoms with Crippen LogP contribution in [0.5, 0.6) is 0 Å². The van der Waals surface area contributed by atoms with Crippen molar-refractivity contribution in [3.05, 3.63) is 119 Å². The Balaban J connectivity index is 0.000000198. The van der Waals surface area contributed by atoms with Crippen molar-refractivity contribution in [2.24, 2.45) is 0 Å². The molecule has 0 bridgehead atoms. The molecule has 15 nitrogen and oxygen atoms in total. The van der Waals surface area contributed by atoms with Crippen LogP contribution in [0.25, 0.3) is 22.1 Å². The summed E-state index contributed by atoms with van der Waals surface area (Å²) >= 11 is 0. The lowest BCUT2D eigenvalue weighted by molar-refractivity contribution is 0.0204. The van der Waals surface area contributed by atoms with Gasteiger partial charge in [0.1, 0.15) is 5.60 Å². The lowest BCUT2D eigenvalue weighted by atomic mass is 9.84. The van der Waals surface area contributed by atoms with Crippen molar-refractivity contribution in [2.45, 2.75) is 107 Å². The van der Waals surface area contributed by atoms with E-state index in [0.29, 0.717) is 47.9 Å². The number of aryl methyl sites for hydroxylation is 2. The summed E-state index contributed by atoms with van der Waals surface area (Å²) in [5.74, 6) is -0.807. The molecule has 65 heavy (non-hydrogen) atoms. The number of amides is 1. The van der Waals surface area contributed by atoms with E-state index in [2.05, 4.69) is 9.97 Å². The van der Waals surface area contributed by atoms with Gasteiger partial charge in [0.25, 0.3) is 20.0 Å². The highest BCUT2D eigenvalue weighted by molar-refractivity contribution is 7.90. The Morgan fingerprint density at radius 2 is 1.02 bits per heavy atom. The first kappa shape index (κ1) is 46.9. The first-order valence-electron chi connectivity index (χ1n) is 21.6. The van der Waals surface area contributed by atoms with Crippen LogP contribution in [-0.4, -0.2) is 90.6 Å². The Labute approximate surface area is 379 Å². The summed E-state index contributed by atoms with van der Waals surface area (Å²) in [6.45, 7) is 10.2. The van der Waals surface area contributed by atoms with Crippen molar-refractivity contribution in [3.8, 4) is 0 Å². The van der Waals surface area contributed by atoms with Crippen LogP contribution < -0.4 is 0 Å². The molecule has 4 aromatic heterocycles. The van der Waals surface area contributed by atoms with Crippen molar-refractivity contribution in [1.29, 1.82) is 0 Å². The minimum Gasteiger partial charge on any atom is -0.465 e. The number of piperidine rings is 1. The molecule has 0 atom stereocenters. The average Bonchev–Trinajstić information content (AvgIpc) is 3.89. The summed E-state index contributed by atoms with van der Waals surface area (Å²) in [5, 5.41) is 1.28. The summed E-state index contributed by atoms with van der Waals surface area (Å²) in [6.07, 6.45) is 12.3. The second-order valence-electron chi connectivity index (χ2n) is 17.6. The van der Waals surface area contributed by atoms with Crippen LogP contribution >= 0.6 is 0 Å². The number of hydrogen-bond acceptors (Lipinski definition) is 12. The Kier molecular flexibility index (Phi) is 13.6. The van der Waals surface area contributed by atoms with Gasteiger partial charge in [-0.2, -0.15) is 0 Å². The Morgan fingerprint density at radius 3 is 1.40 bits per heavy atom. The molecule has 344 valence electrons. The number of pyridine rings is 2. The summed E-state index contributed by atoms with van der Waals surface area (Å²) in [5.41, 5.74) is 4.21. The fourth-order valence-electron chi connectivity index (χ4n) is 8.44. The summed E-state index contributed by atoms with van der Waals surface area (Å²) in [6, 6.07) is 16.7. The number of carbonyl (C=O) groups is 3. The third-order valence-corrected chi connectivity index (χ3v) is 15.2. The molecule has 1 aliphatic carbocycles. The van der Waals surface area contributed by atoms with Crippen LogP contribution in [0, 0.1) is 13.8 Å². The lowest BCUT2D eigenvalue weighted by Gasteiger charge is -2.33. The van der Waals surface area contributed by atoms with Gasteiger partial charge in [-0.1, -0.05) is 54.7 Å². The lowest BCUT2D eigenvalue weighted by Crippen LogP contribution is -2.41. The number of likely N-dealkylation sites (tertiary alicyclic amines) is 1. The number of benzene rings is 2. The summed E-state index contributed by atoms with van der Waals surface area (Å²) in [4.78, 5) is 47.4.